The molecule has 32 heavy (non-hydrogen) atoms. The molecule has 0 bridgehead atoms. The van der Waals surface area contributed by atoms with Gasteiger partial charge in [-0.3, -0.25) is 4.79 Å². The smallest absolute Gasteiger partial charge is 0.231 e. The zero-order chi connectivity index (χ0) is 22.7. The molecule has 1 N–H and O–H groups in total. The Labute approximate surface area is 188 Å². The molecule has 7 heteroatoms. The minimum Gasteiger partial charge on any atom is -0.507 e. The van der Waals surface area contributed by atoms with E-state index >= 15 is 0 Å². The highest BCUT2D eigenvalue weighted by atomic mass is 16.7. The quantitative estimate of drug-likeness (QED) is 0.690. The van der Waals surface area contributed by atoms with Gasteiger partial charge in [-0.25, -0.2) is 0 Å². The number of phenols is 1. The normalized spacial score (nSPS) is 18.3. The van der Waals surface area contributed by atoms with E-state index in [2.05, 4.69) is 6.92 Å². The first-order valence-electron chi connectivity index (χ1n) is 11.2. The van der Waals surface area contributed by atoms with Gasteiger partial charge in [0.1, 0.15) is 17.2 Å². The van der Waals surface area contributed by atoms with Crippen LogP contribution < -0.4 is 18.9 Å². The van der Waals surface area contributed by atoms with Crippen molar-refractivity contribution in [2.75, 3.05) is 34.1 Å². The highest BCUT2D eigenvalue weighted by Crippen LogP contribution is 2.45. The van der Waals surface area contributed by atoms with Crippen LogP contribution >= 0.6 is 0 Å². The molecule has 1 amide bonds. The average Bonchev–Trinajstić information content (AvgIpc) is 3.30. The summed E-state index contributed by atoms with van der Waals surface area (Å²) in [5.74, 6) is 2.50. The maximum Gasteiger partial charge on any atom is 0.231 e. The molecule has 2 aromatic carbocycles. The fourth-order valence-corrected chi connectivity index (χ4v) is 4.67. The summed E-state index contributed by atoms with van der Waals surface area (Å²) in [6, 6.07) is 8.92. The number of likely N-dealkylation sites (tertiary alicyclic amines) is 1. The van der Waals surface area contributed by atoms with E-state index in [1.54, 1.807) is 19.2 Å². The van der Waals surface area contributed by atoms with Gasteiger partial charge >= 0.3 is 0 Å². The van der Waals surface area contributed by atoms with Crippen LogP contribution in [0.5, 0.6) is 28.7 Å². The van der Waals surface area contributed by atoms with Gasteiger partial charge in [-0.15, -0.1) is 0 Å². The Bertz CT molecular complexity index is 975. The number of benzene rings is 2. The van der Waals surface area contributed by atoms with Crippen molar-refractivity contribution in [3.8, 4) is 28.7 Å². The van der Waals surface area contributed by atoms with Crippen LogP contribution in [-0.2, 0) is 4.79 Å². The number of nitrogens with zero attached hydrogens (tertiary/aromatic N) is 1. The number of amides is 1. The summed E-state index contributed by atoms with van der Waals surface area (Å²) >= 11 is 0. The number of carbonyl (C=O) groups is 1. The molecule has 0 spiro atoms. The van der Waals surface area contributed by atoms with E-state index in [9.17, 15) is 9.90 Å². The molecule has 2 atom stereocenters. The summed E-state index contributed by atoms with van der Waals surface area (Å²) in [7, 11) is 3.08. The van der Waals surface area contributed by atoms with Crippen LogP contribution in [0.1, 0.15) is 49.7 Å². The van der Waals surface area contributed by atoms with Crippen LogP contribution in [0.25, 0.3) is 0 Å². The second-order valence-corrected chi connectivity index (χ2v) is 8.39. The standard InChI is InChI=1S/C25H31NO6/c1-4-16-6-5-9-26(14-16)24(28)13-19(17-7-8-21-22(10-17)32-15-31-21)25-20(27)11-18(29-2)12-23(25)30-3/h7-8,10-12,16,19,27H,4-6,9,13-15H2,1-3H3. The third-order valence-electron chi connectivity index (χ3n) is 6.52. The first kappa shape index (κ1) is 22.1. The van der Waals surface area contributed by atoms with Crippen molar-refractivity contribution in [3.05, 3.63) is 41.5 Å². The summed E-state index contributed by atoms with van der Waals surface area (Å²) in [5, 5.41) is 10.9. The van der Waals surface area contributed by atoms with Gasteiger partial charge in [-0.1, -0.05) is 19.4 Å². The third-order valence-corrected chi connectivity index (χ3v) is 6.52. The van der Waals surface area contributed by atoms with Crippen LogP contribution in [0.4, 0.5) is 0 Å². The Morgan fingerprint density at radius 1 is 1.19 bits per heavy atom. The van der Waals surface area contributed by atoms with Crippen molar-refractivity contribution >= 4 is 5.91 Å². The Hall–Kier alpha value is -3.09. The SMILES string of the molecule is CCC1CCCN(C(=O)CC(c2ccc3c(c2)OCO3)c2c(O)cc(OC)cc2OC)C1. The Morgan fingerprint density at radius 3 is 2.75 bits per heavy atom. The number of phenolic OH excluding ortho intramolecular Hbond substituents is 1. The number of hydrogen-bond acceptors (Lipinski definition) is 6. The molecule has 2 aliphatic rings. The van der Waals surface area contributed by atoms with Crippen molar-refractivity contribution < 1.29 is 28.8 Å². The van der Waals surface area contributed by atoms with Crippen molar-refractivity contribution in [1.29, 1.82) is 0 Å². The summed E-state index contributed by atoms with van der Waals surface area (Å²) in [5.41, 5.74) is 1.41. The highest BCUT2D eigenvalue weighted by Gasteiger charge is 2.31. The molecule has 1 fully saturated rings. The fraction of sp³-hybridized carbons (Fsp3) is 0.480. The number of fused-ring (bicyclic) bond motifs is 1. The molecule has 0 aliphatic carbocycles. The lowest BCUT2D eigenvalue weighted by molar-refractivity contribution is -0.133. The lowest BCUT2D eigenvalue weighted by Crippen LogP contribution is -2.40. The van der Waals surface area contributed by atoms with Crippen LogP contribution in [-0.4, -0.2) is 50.0 Å². The second kappa shape index (κ2) is 9.59. The minimum atomic E-state index is -0.417. The Morgan fingerprint density at radius 2 is 2.00 bits per heavy atom. The Balaban J connectivity index is 1.72. The van der Waals surface area contributed by atoms with E-state index in [1.165, 1.54) is 13.5 Å². The number of carbonyl (C=O) groups excluding carboxylic acids is 1. The van der Waals surface area contributed by atoms with Crippen molar-refractivity contribution in [2.24, 2.45) is 5.92 Å². The number of methoxy groups -OCH3 is 2. The molecule has 2 heterocycles. The predicted molar refractivity (Wildman–Crippen MR) is 120 cm³/mol. The van der Waals surface area contributed by atoms with Crippen LogP contribution in [0.3, 0.4) is 0 Å². The van der Waals surface area contributed by atoms with Crippen LogP contribution in [0.2, 0.25) is 0 Å². The average molecular weight is 442 g/mol. The number of ether oxygens (including phenoxy) is 4. The summed E-state index contributed by atoms with van der Waals surface area (Å²) < 4.78 is 21.9. The highest BCUT2D eigenvalue weighted by molar-refractivity contribution is 5.78. The molecule has 2 aliphatic heterocycles. The van der Waals surface area contributed by atoms with Crippen LogP contribution in [0, 0.1) is 5.92 Å². The molecule has 1 saturated heterocycles. The van der Waals surface area contributed by atoms with E-state index in [1.807, 2.05) is 23.1 Å². The van der Waals surface area contributed by atoms with Gasteiger partial charge < -0.3 is 29.0 Å². The molecular formula is C25H31NO6. The number of aromatic hydroxyl groups is 1. The van der Waals surface area contributed by atoms with E-state index in [-0.39, 0.29) is 24.9 Å². The van der Waals surface area contributed by atoms with Gasteiger partial charge in [-0.2, -0.15) is 0 Å². The molecule has 0 radical (unpaired) electrons. The number of rotatable bonds is 7. The lowest BCUT2D eigenvalue weighted by atomic mass is 9.86. The number of piperidine rings is 1. The van der Waals surface area contributed by atoms with E-state index in [4.69, 9.17) is 18.9 Å². The van der Waals surface area contributed by atoms with E-state index < -0.39 is 5.92 Å². The topological polar surface area (TPSA) is 77.5 Å². The largest absolute Gasteiger partial charge is 0.507 e. The van der Waals surface area contributed by atoms with E-state index in [0.29, 0.717) is 34.5 Å². The van der Waals surface area contributed by atoms with Gasteiger partial charge in [0.05, 0.1) is 14.2 Å². The van der Waals surface area contributed by atoms with Gasteiger partial charge in [-0.05, 0) is 36.5 Å². The molecule has 2 aromatic rings. The first-order valence-corrected chi connectivity index (χ1v) is 11.2. The van der Waals surface area contributed by atoms with Gasteiger partial charge in [0.15, 0.2) is 11.5 Å². The molecule has 2 unspecified atom stereocenters. The van der Waals surface area contributed by atoms with Gasteiger partial charge in [0.2, 0.25) is 12.7 Å². The molecular weight excluding hydrogens is 410 g/mol. The molecule has 0 aromatic heterocycles. The summed E-state index contributed by atoms with van der Waals surface area (Å²) in [6.45, 7) is 3.91. The Kier molecular flexibility index (Phi) is 6.63. The molecule has 7 nitrogen and oxygen atoms in total. The van der Waals surface area contributed by atoms with Crippen molar-refractivity contribution in [2.45, 2.75) is 38.5 Å². The van der Waals surface area contributed by atoms with Crippen molar-refractivity contribution in [1.82, 2.24) is 4.90 Å². The predicted octanol–water partition coefficient (Wildman–Crippen LogP) is 4.31. The zero-order valence-electron chi connectivity index (χ0n) is 18.9. The van der Waals surface area contributed by atoms with Gasteiger partial charge in [0, 0.05) is 43.1 Å². The monoisotopic (exact) mass is 441 g/mol. The fourth-order valence-electron chi connectivity index (χ4n) is 4.67. The van der Waals surface area contributed by atoms with Crippen LogP contribution in [0.15, 0.2) is 30.3 Å². The number of hydrogen-bond donors (Lipinski definition) is 1. The summed E-state index contributed by atoms with van der Waals surface area (Å²) in [6.07, 6.45) is 3.48. The van der Waals surface area contributed by atoms with Crippen molar-refractivity contribution in [3.63, 3.8) is 0 Å². The maximum absolute atomic E-state index is 13.4. The first-order chi connectivity index (χ1) is 15.5. The maximum atomic E-state index is 13.4. The van der Waals surface area contributed by atoms with Gasteiger partial charge in [0.25, 0.3) is 0 Å². The molecule has 172 valence electrons. The lowest BCUT2D eigenvalue weighted by Gasteiger charge is -2.33. The molecule has 4 rings (SSSR count). The third kappa shape index (κ3) is 4.42. The second-order valence-electron chi connectivity index (χ2n) is 8.39. The summed E-state index contributed by atoms with van der Waals surface area (Å²) in [4.78, 5) is 15.4. The van der Waals surface area contributed by atoms with E-state index in [0.717, 1.165) is 31.5 Å². The minimum absolute atomic E-state index is 0.0294. The molecule has 0 saturated carbocycles. The zero-order valence-corrected chi connectivity index (χ0v) is 18.9.